The van der Waals surface area contributed by atoms with Crippen LogP contribution in [0.25, 0.3) is 10.9 Å². The minimum atomic E-state index is -4.76. The molecule has 1 amide bonds. The molecule has 0 aliphatic heterocycles. The van der Waals surface area contributed by atoms with Gasteiger partial charge in [-0.3, -0.25) is 19.0 Å². The molecule has 2 unspecified atom stereocenters. The molecule has 236 valence electrons. The first-order chi connectivity index (χ1) is 19.8. The molecular formula is C29H39F3N4O6Si. The quantitative estimate of drug-likeness (QED) is 0.329. The van der Waals surface area contributed by atoms with Gasteiger partial charge in [-0.25, -0.2) is 4.79 Å². The van der Waals surface area contributed by atoms with Crippen LogP contribution in [-0.2, 0) is 22.3 Å². The zero-order valence-electron chi connectivity index (χ0n) is 25.6. The van der Waals surface area contributed by atoms with Gasteiger partial charge in [-0.05, 0) is 47.8 Å². The summed E-state index contributed by atoms with van der Waals surface area (Å²) in [7, 11) is -1.38. The number of fused-ring (bicyclic) bond motifs is 1. The highest BCUT2D eigenvalue weighted by Crippen LogP contribution is 2.41. The van der Waals surface area contributed by atoms with Gasteiger partial charge in [0.25, 0.3) is 11.1 Å². The number of hydrogen-bond acceptors (Lipinski definition) is 6. The van der Waals surface area contributed by atoms with E-state index in [2.05, 4.69) is 10.3 Å². The van der Waals surface area contributed by atoms with Crippen molar-refractivity contribution in [3.8, 4) is 5.75 Å². The second-order valence-corrected chi connectivity index (χ2v) is 17.1. The van der Waals surface area contributed by atoms with Crippen LogP contribution in [0.2, 0.25) is 18.1 Å². The third-order valence-electron chi connectivity index (χ3n) is 7.85. The summed E-state index contributed by atoms with van der Waals surface area (Å²) >= 11 is 0. The Labute approximate surface area is 248 Å². The van der Waals surface area contributed by atoms with E-state index in [1.807, 2.05) is 20.8 Å². The molecule has 14 heteroatoms. The van der Waals surface area contributed by atoms with Crippen LogP contribution >= 0.6 is 0 Å². The lowest BCUT2D eigenvalue weighted by Gasteiger charge is -2.42. The van der Waals surface area contributed by atoms with E-state index in [0.29, 0.717) is 11.3 Å². The molecule has 10 nitrogen and oxygen atoms in total. The first-order valence-corrected chi connectivity index (χ1v) is 16.7. The fourth-order valence-electron chi connectivity index (χ4n) is 4.28. The molecule has 0 saturated heterocycles. The zero-order valence-corrected chi connectivity index (χ0v) is 26.6. The van der Waals surface area contributed by atoms with Crippen LogP contribution in [0.1, 0.15) is 40.2 Å². The molecule has 0 aliphatic carbocycles. The highest BCUT2D eigenvalue weighted by molar-refractivity contribution is 6.74. The Morgan fingerprint density at radius 2 is 1.63 bits per heavy atom. The number of amides is 1. The fourth-order valence-corrected chi connectivity index (χ4v) is 5.55. The normalized spacial score (nSPS) is 14.1. The molecule has 0 saturated carbocycles. The number of ether oxygens (including phenoxy) is 1. The summed E-state index contributed by atoms with van der Waals surface area (Å²) in [4.78, 5) is 54.5. The first kappa shape index (κ1) is 33.8. The van der Waals surface area contributed by atoms with Crippen molar-refractivity contribution in [3.63, 3.8) is 0 Å². The highest BCUT2D eigenvalue weighted by Gasteiger charge is 2.52. The Bertz CT molecular complexity index is 1640. The second kappa shape index (κ2) is 12.5. The predicted octanol–water partition coefficient (Wildman–Crippen LogP) is 4.00. The number of H-pyrrole nitrogens is 1. The molecule has 0 spiro atoms. The van der Waals surface area contributed by atoms with Crippen LogP contribution < -0.4 is 26.9 Å². The van der Waals surface area contributed by atoms with E-state index in [1.165, 1.54) is 19.4 Å². The molecule has 1 aromatic carbocycles. The van der Waals surface area contributed by atoms with Gasteiger partial charge in [0.05, 0.1) is 25.1 Å². The third-order valence-corrected chi connectivity index (χ3v) is 12.3. The average molecular weight is 625 g/mol. The maximum atomic E-state index is 14.3. The predicted molar refractivity (Wildman–Crippen MR) is 160 cm³/mol. The van der Waals surface area contributed by atoms with Gasteiger partial charge in [0.2, 0.25) is 5.91 Å². The molecule has 0 radical (unpaired) electrons. The van der Waals surface area contributed by atoms with Crippen LogP contribution in [0.15, 0.2) is 50.9 Å². The van der Waals surface area contributed by atoms with Crippen LogP contribution in [-0.4, -0.2) is 53.8 Å². The van der Waals surface area contributed by atoms with Crippen LogP contribution in [0, 0.1) is 5.92 Å². The van der Waals surface area contributed by atoms with Crippen molar-refractivity contribution >= 4 is 25.1 Å². The number of nitrogens with one attached hydrogen (secondary N) is 2. The number of alkyl halides is 3. The largest absolute Gasteiger partial charge is 0.497 e. The van der Waals surface area contributed by atoms with Crippen LogP contribution in [0.5, 0.6) is 5.75 Å². The van der Waals surface area contributed by atoms with Crippen LogP contribution in [0.4, 0.5) is 13.2 Å². The molecule has 2 heterocycles. The molecule has 43 heavy (non-hydrogen) atoms. The number of carbonyl (C=O) groups is 1. The minimum Gasteiger partial charge on any atom is -0.497 e. The summed E-state index contributed by atoms with van der Waals surface area (Å²) in [5, 5.41) is 1.84. The number of methoxy groups -OCH3 is 1. The summed E-state index contributed by atoms with van der Waals surface area (Å²) in [6.07, 6.45) is -5.83. The van der Waals surface area contributed by atoms with Gasteiger partial charge in [0.1, 0.15) is 17.8 Å². The number of nitrogens with zero attached hydrogens (tertiary/aromatic N) is 2. The number of rotatable bonds is 10. The van der Waals surface area contributed by atoms with E-state index in [-0.39, 0.29) is 17.4 Å². The van der Waals surface area contributed by atoms with Gasteiger partial charge in [0.15, 0.2) is 14.4 Å². The number of aromatic amines is 1. The van der Waals surface area contributed by atoms with E-state index in [1.54, 1.807) is 51.2 Å². The standard InChI is InChI=1S/C29H39F3N4O6Si/c1-17(2)22(24(29(30,31)32)42-43(7,8)28(3,4)5)33-21(37)16-35-14-13-20-23(26(35)39)34-27(40)36(25(20)38)15-18-9-11-19(41-6)12-10-18/h9-14,17,22,24H,15-16H2,1-8H3,(H,33,37)(H,34,40). The monoisotopic (exact) mass is 624 g/mol. The topological polar surface area (TPSA) is 124 Å². The Morgan fingerprint density at radius 3 is 2.14 bits per heavy atom. The Kier molecular flexibility index (Phi) is 9.86. The maximum Gasteiger partial charge on any atom is 0.415 e. The van der Waals surface area contributed by atoms with E-state index >= 15 is 0 Å². The summed E-state index contributed by atoms with van der Waals surface area (Å²) in [5.41, 5.74) is -2.05. The van der Waals surface area contributed by atoms with E-state index in [0.717, 1.165) is 9.13 Å². The SMILES string of the molecule is COc1ccc(Cn2c(=O)[nH]c3c(=O)n(CC(=O)NC(C(C)C)C(O[Si](C)(C)C(C)(C)C)C(F)(F)F)ccc3c2=O)cc1. The van der Waals surface area contributed by atoms with Crippen molar-refractivity contribution in [2.45, 2.75) is 84.2 Å². The second-order valence-electron chi connectivity index (χ2n) is 12.4. The molecular weight excluding hydrogens is 585 g/mol. The lowest BCUT2D eigenvalue weighted by molar-refractivity contribution is -0.210. The molecule has 0 bridgehead atoms. The molecule has 3 aromatic rings. The lowest BCUT2D eigenvalue weighted by atomic mass is 9.98. The van der Waals surface area contributed by atoms with Gasteiger partial charge in [-0.1, -0.05) is 46.8 Å². The van der Waals surface area contributed by atoms with Crippen molar-refractivity contribution in [1.29, 1.82) is 0 Å². The van der Waals surface area contributed by atoms with Gasteiger partial charge < -0.3 is 24.0 Å². The average Bonchev–Trinajstić information content (AvgIpc) is 2.89. The Balaban J connectivity index is 1.90. The van der Waals surface area contributed by atoms with Gasteiger partial charge in [-0.2, -0.15) is 13.2 Å². The summed E-state index contributed by atoms with van der Waals surface area (Å²) in [6, 6.07) is 6.60. The highest BCUT2D eigenvalue weighted by atomic mass is 28.4. The van der Waals surface area contributed by atoms with Crippen molar-refractivity contribution in [2.24, 2.45) is 5.92 Å². The van der Waals surface area contributed by atoms with E-state index in [9.17, 15) is 32.3 Å². The van der Waals surface area contributed by atoms with Crippen molar-refractivity contribution in [1.82, 2.24) is 19.4 Å². The Morgan fingerprint density at radius 1 is 1.02 bits per heavy atom. The van der Waals surface area contributed by atoms with E-state index < -0.39 is 66.9 Å². The van der Waals surface area contributed by atoms with Gasteiger partial charge in [-0.15, -0.1) is 0 Å². The fraction of sp³-hybridized carbons (Fsp3) is 0.517. The number of aromatic nitrogens is 3. The smallest absolute Gasteiger partial charge is 0.415 e. The molecule has 2 N–H and O–H groups in total. The van der Waals surface area contributed by atoms with Crippen molar-refractivity contribution < 1.29 is 27.1 Å². The third kappa shape index (κ3) is 7.66. The first-order valence-electron chi connectivity index (χ1n) is 13.8. The number of halogens is 3. The van der Waals surface area contributed by atoms with Crippen LogP contribution in [0.3, 0.4) is 0 Å². The molecule has 2 atom stereocenters. The van der Waals surface area contributed by atoms with Crippen molar-refractivity contribution in [2.75, 3.05) is 7.11 Å². The van der Waals surface area contributed by atoms with E-state index in [4.69, 9.17) is 9.16 Å². The zero-order chi connectivity index (χ0) is 32.5. The molecule has 0 fully saturated rings. The summed E-state index contributed by atoms with van der Waals surface area (Å²) in [6.45, 7) is 11.2. The number of pyridine rings is 1. The lowest BCUT2D eigenvalue weighted by Crippen LogP contribution is -2.59. The summed E-state index contributed by atoms with van der Waals surface area (Å²) < 4.78 is 55.5. The maximum absolute atomic E-state index is 14.3. The Hall–Kier alpha value is -3.65. The number of carbonyl (C=O) groups excluding carboxylic acids is 1. The number of benzene rings is 1. The molecule has 2 aromatic heterocycles. The van der Waals surface area contributed by atoms with Gasteiger partial charge in [0, 0.05) is 6.20 Å². The number of hydrogen-bond donors (Lipinski definition) is 2. The minimum absolute atomic E-state index is 0.0620. The summed E-state index contributed by atoms with van der Waals surface area (Å²) in [5.74, 6) is -0.914. The van der Waals surface area contributed by atoms with Gasteiger partial charge >= 0.3 is 11.9 Å². The molecule has 3 rings (SSSR count). The van der Waals surface area contributed by atoms with Crippen molar-refractivity contribution in [3.05, 3.63) is 73.3 Å². The molecule has 0 aliphatic rings.